The number of hydrogen-bond donors (Lipinski definition) is 2. The van der Waals surface area contributed by atoms with Crippen LogP contribution in [0.3, 0.4) is 0 Å². The van der Waals surface area contributed by atoms with E-state index in [-0.39, 0.29) is 12.0 Å². The number of carbonyl (C=O) groups excluding carboxylic acids is 1. The molecule has 0 aromatic carbocycles. The molecule has 0 bridgehead atoms. The second kappa shape index (κ2) is 10.5. The summed E-state index contributed by atoms with van der Waals surface area (Å²) in [5.41, 5.74) is 2.58. The predicted molar refractivity (Wildman–Crippen MR) is 102 cm³/mol. The molecule has 30 heavy (non-hydrogen) atoms. The van der Waals surface area contributed by atoms with E-state index in [1.807, 2.05) is 12.4 Å². The maximum atomic E-state index is 12.8. The molecule has 170 valence electrons. The van der Waals surface area contributed by atoms with E-state index >= 15 is 0 Å². The first kappa shape index (κ1) is 24.5. The Balaban J connectivity index is 0.000000396. The number of ether oxygens (including phenoxy) is 2. The minimum Gasteiger partial charge on any atom is -0.475 e. The highest BCUT2D eigenvalue weighted by Crippen LogP contribution is 2.41. The number of nitrogens with zero attached hydrogens (tertiary/aromatic N) is 2. The van der Waals surface area contributed by atoms with Gasteiger partial charge < -0.3 is 19.9 Å². The van der Waals surface area contributed by atoms with Gasteiger partial charge in [0.05, 0.1) is 29.3 Å². The number of likely N-dealkylation sites (tertiary alicyclic amines) is 1. The Morgan fingerprint density at radius 1 is 1.50 bits per heavy atom. The average Bonchev–Trinajstić information content (AvgIpc) is 3.28. The van der Waals surface area contributed by atoms with E-state index in [1.165, 1.54) is 4.88 Å². The molecule has 0 aliphatic carbocycles. The van der Waals surface area contributed by atoms with Crippen LogP contribution in [-0.2, 0) is 25.6 Å². The molecule has 1 aromatic rings. The topological polar surface area (TPSA) is 101 Å². The van der Waals surface area contributed by atoms with Crippen molar-refractivity contribution in [1.29, 1.82) is 0 Å². The molecule has 1 amide bonds. The van der Waals surface area contributed by atoms with Gasteiger partial charge >= 0.3 is 12.1 Å². The summed E-state index contributed by atoms with van der Waals surface area (Å²) >= 11 is 1.69. The zero-order valence-electron chi connectivity index (χ0n) is 16.8. The van der Waals surface area contributed by atoms with Gasteiger partial charge in [-0.05, 0) is 19.8 Å². The van der Waals surface area contributed by atoms with E-state index in [9.17, 15) is 18.0 Å². The average molecular weight is 453 g/mol. The Bertz CT molecular complexity index is 730. The number of alkyl halides is 3. The number of carboxylic acid groups (broad SMARTS) is 1. The molecule has 0 radical (unpaired) electrons. The van der Waals surface area contributed by atoms with Gasteiger partial charge in [-0.2, -0.15) is 13.2 Å². The van der Waals surface area contributed by atoms with Crippen LogP contribution in [-0.4, -0.2) is 79.1 Å². The first-order valence-electron chi connectivity index (χ1n) is 9.40. The zero-order chi connectivity index (χ0) is 22.4. The van der Waals surface area contributed by atoms with Crippen molar-refractivity contribution in [1.82, 2.24) is 15.2 Å². The molecule has 0 unspecified atom stereocenters. The molecule has 12 heteroatoms. The summed E-state index contributed by atoms with van der Waals surface area (Å²) in [6.45, 7) is 6.41. The Morgan fingerprint density at radius 2 is 2.20 bits per heavy atom. The Morgan fingerprint density at radius 3 is 2.77 bits per heavy atom. The summed E-state index contributed by atoms with van der Waals surface area (Å²) in [4.78, 5) is 29.7. The van der Waals surface area contributed by atoms with Gasteiger partial charge in [0.2, 0.25) is 5.91 Å². The van der Waals surface area contributed by atoms with Crippen LogP contribution in [0.4, 0.5) is 13.2 Å². The monoisotopic (exact) mass is 453 g/mol. The normalized spacial score (nSPS) is 24.0. The summed E-state index contributed by atoms with van der Waals surface area (Å²) in [6, 6.07) is 0. The summed E-state index contributed by atoms with van der Waals surface area (Å²) in [7, 11) is 1.64. The van der Waals surface area contributed by atoms with Gasteiger partial charge in [0.25, 0.3) is 0 Å². The number of rotatable bonds is 6. The first-order valence-corrected chi connectivity index (χ1v) is 10.3. The van der Waals surface area contributed by atoms with E-state index in [4.69, 9.17) is 19.4 Å². The van der Waals surface area contributed by atoms with Gasteiger partial charge in [-0.3, -0.25) is 9.69 Å². The zero-order valence-corrected chi connectivity index (χ0v) is 17.6. The van der Waals surface area contributed by atoms with Crippen LogP contribution in [0.5, 0.6) is 0 Å². The number of aromatic nitrogens is 1. The molecule has 2 aliphatic rings. The second-order valence-electron chi connectivity index (χ2n) is 7.18. The van der Waals surface area contributed by atoms with Crippen LogP contribution < -0.4 is 5.32 Å². The fourth-order valence-corrected chi connectivity index (χ4v) is 4.43. The van der Waals surface area contributed by atoms with E-state index in [1.54, 1.807) is 18.4 Å². The van der Waals surface area contributed by atoms with E-state index < -0.39 is 17.6 Å². The Hall–Kier alpha value is -1.76. The number of halogens is 3. The molecule has 3 rings (SSSR count). The summed E-state index contributed by atoms with van der Waals surface area (Å²) in [6.07, 6.45) is -3.33. The number of carboxylic acids is 1. The van der Waals surface area contributed by atoms with Crippen molar-refractivity contribution in [3.63, 3.8) is 0 Å². The Labute approximate surface area is 176 Å². The third kappa shape index (κ3) is 6.13. The lowest BCUT2D eigenvalue weighted by molar-refractivity contribution is -0.192. The molecule has 2 aliphatic heterocycles. The van der Waals surface area contributed by atoms with Crippen LogP contribution in [0, 0.1) is 12.3 Å². The maximum Gasteiger partial charge on any atom is 0.490 e. The number of aryl methyl sites for hydroxylation is 1. The van der Waals surface area contributed by atoms with Crippen LogP contribution in [0.15, 0.2) is 5.51 Å². The van der Waals surface area contributed by atoms with Crippen molar-refractivity contribution in [2.75, 3.05) is 40.0 Å². The van der Waals surface area contributed by atoms with Gasteiger partial charge in [-0.1, -0.05) is 0 Å². The minimum absolute atomic E-state index is 0.0452. The van der Waals surface area contributed by atoms with Gasteiger partial charge in [0.1, 0.15) is 0 Å². The lowest BCUT2D eigenvalue weighted by atomic mass is 9.75. The minimum atomic E-state index is -5.08. The number of fused-ring (bicyclic) bond motifs is 1. The third-order valence-corrected chi connectivity index (χ3v) is 6.12. The molecule has 2 saturated heterocycles. The second-order valence-corrected chi connectivity index (χ2v) is 8.12. The molecule has 1 aromatic heterocycles. The Kier molecular flexibility index (Phi) is 8.59. The van der Waals surface area contributed by atoms with Crippen LogP contribution in [0.2, 0.25) is 0 Å². The highest BCUT2D eigenvalue weighted by molar-refractivity contribution is 7.09. The molecule has 3 heterocycles. The quantitative estimate of drug-likeness (QED) is 0.634. The summed E-state index contributed by atoms with van der Waals surface area (Å²) < 4.78 is 42.6. The number of amides is 1. The molecular formula is C18H26F3N3O5S. The first-order chi connectivity index (χ1) is 14.1. The summed E-state index contributed by atoms with van der Waals surface area (Å²) in [5, 5.41) is 10.2. The number of aliphatic carboxylic acids is 1. The molecule has 0 spiro atoms. The van der Waals surface area contributed by atoms with Crippen molar-refractivity contribution < 1.29 is 37.3 Å². The van der Waals surface area contributed by atoms with Crippen LogP contribution in [0.25, 0.3) is 0 Å². The molecule has 0 saturated carbocycles. The number of thiazole rings is 1. The highest BCUT2D eigenvalue weighted by Gasteiger charge is 2.53. The fourth-order valence-electron chi connectivity index (χ4n) is 3.61. The van der Waals surface area contributed by atoms with Crippen molar-refractivity contribution >= 4 is 23.2 Å². The van der Waals surface area contributed by atoms with Gasteiger partial charge in [0.15, 0.2) is 0 Å². The standard InChI is InChI=1S/C16H25N3O3S.C2HF3O2/c1-12-13(23-11-18-12)9-19-6-3-14-16(10-19,4-7-22-14)15(20)17-5-8-21-2;3-2(4,5)1(6)7/h11,14H,3-10H2,1-2H3,(H,17,20);(H,6,7)/t14-,16-;/m1./s1. The van der Waals surface area contributed by atoms with Gasteiger partial charge in [-0.15, -0.1) is 11.3 Å². The number of piperidine rings is 1. The van der Waals surface area contributed by atoms with E-state index in [0.29, 0.717) is 19.8 Å². The van der Waals surface area contributed by atoms with Crippen LogP contribution in [0.1, 0.15) is 23.4 Å². The van der Waals surface area contributed by atoms with Crippen molar-refractivity contribution in [2.45, 2.75) is 38.6 Å². The number of methoxy groups -OCH3 is 1. The van der Waals surface area contributed by atoms with E-state index in [0.717, 1.165) is 38.2 Å². The summed E-state index contributed by atoms with van der Waals surface area (Å²) in [5.74, 6) is -2.64. The number of carbonyl (C=O) groups is 2. The number of nitrogens with one attached hydrogen (secondary N) is 1. The largest absolute Gasteiger partial charge is 0.490 e. The highest BCUT2D eigenvalue weighted by atomic mass is 32.1. The van der Waals surface area contributed by atoms with Crippen molar-refractivity contribution in [3.05, 3.63) is 16.1 Å². The smallest absolute Gasteiger partial charge is 0.475 e. The molecule has 2 N–H and O–H groups in total. The molecule has 2 fully saturated rings. The van der Waals surface area contributed by atoms with Crippen LogP contribution >= 0.6 is 11.3 Å². The lowest BCUT2D eigenvalue weighted by Crippen LogP contribution is -2.57. The van der Waals surface area contributed by atoms with E-state index in [2.05, 4.69) is 15.2 Å². The molecular weight excluding hydrogens is 427 g/mol. The van der Waals surface area contributed by atoms with Crippen molar-refractivity contribution in [3.8, 4) is 0 Å². The van der Waals surface area contributed by atoms with Gasteiger partial charge in [-0.25, -0.2) is 9.78 Å². The lowest BCUT2D eigenvalue weighted by Gasteiger charge is -2.42. The van der Waals surface area contributed by atoms with Gasteiger partial charge in [0, 0.05) is 44.8 Å². The molecule has 8 nitrogen and oxygen atoms in total. The SMILES string of the molecule is COCCNC(=O)[C@@]12CCO[C@@H]1CCN(Cc1scnc1C)C2.O=C(O)C(F)(F)F. The van der Waals surface area contributed by atoms with Crippen molar-refractivity contribution in [2.24, 2.45) is 5.41 Å². The third-order valence-electron chi connectivity index (χ3n) is 5.20. The number of hydrogen-bond acceptors (Lipinski definition) is 7. The maximum absolute atomic E-state index is 12.8. The molecule has 2 atom stereocenters. The fraction of sp³-hybridized carbons (Fsp3) is 0.722. The predicted octanol–water partition coefficient (Wildman–Crippen LogP) is 1.83.